The van der Waals surface area contributed by atoms with Crippen LogP contribution in [0, 0.1) is 0 Å². The van der Waals surface area contributed by atoms with Gasteiger partial charge in [-0.3, -0.25) is 4.79 Å². The molecule has 0 aromatic rings. The van der Waals surface area contributed by atoms with E-state index in [4.69, 9.17) is 0 Å². The first-order valence-corrected chi connectivity index (χ1v) is 18.2. The minimum Gasteiger partial charge on any atom is -0.282 e. The molecule has 0 spiro atoms. The maximum atomic E-state index is 12.6. The molecule has 0 aromatic heterocycles. The van der Waals surface area contributed by atoms with Crippen molar-refractivity contribution >= 4 is 28.6 Å². The van der Waals surface area contributed by atoms with Gasteiger partial charge in [-0.1, -0.05) is 167 Å². The molecule has 0 saturated heterocycles. The summed E-state index contributed by atoms with van der Waals surface area (Å²) in [6.45, 7) is 6.84. The Labute approximate surface area is 236 Å². The standard InChI is InChI=1S/C33H64OS2/c1-4-7-10-13-15-17-19-21-23-26-29-35-32(28-25-12-9-6-3)31-33(34)36-30-27-24-22-20-18-16-14-11-8-5-2/h31H,4-30H2,1-3H3/b32-31+. The van der Waals surface area contributed by atoms with E-state index in [0.29, 0.717) is 5.12 Å². The van der Waals surface area contributed by atoms with Gasteiger partial charge in [0.1, 0.15) is 0 Å². The zero-order chi connectivity index (χ0) is 26.4. The molecule has 0 bridgehead atoms. The molecule has 1 nitrogen and oxygen atoms in total. The predicted octanol–water partition coefficient (Wildman–Crippen LogP) is 12.7. The second-order valence-electron chi connectivity index (χ2n) is 10.8. The summed E-state index contributed by atoms with van der Waals surface area (Å²) < 4.78 is 0. The first-order valence-electron chi connectivity index (χ1n) is 16.2. The zero-order valence-electron chi connectivity index (χ0n) is 24.9. The Balaban J connectivity index is 3.94. The van der Waals surface area contributed by atoms with E-state index < -0.39 is 0 Å². The molecule has 214 valence electrons. The van der Waals surface area contributed by atoms with E-state index in [1.54, 1.807) is 11.8 Å². The number of rotatable bonds is 29. The smallest absolute Gasteiger partial charge is 0.212 e. The van der Waals surface area contributed by atoms with Crippen LogP contribution >= 0.6 is 23.5 Å². The molecule has 0 unspecified atom stereocenters. The molecule has 0 aliphatic carbocycles. The van der Waals surface area contributed by atoms with Crippen molar-refractivity contribution in [3.8, 4) is 0 Å². The number of carbonyl (C=O) groups excluding carboxylic acids is 1. The van der Waals surface area contributed by atoms with Crippen molar-refractivity contribution < 1.29 is 4.79 Å². The van der Waals surface area contributed by atoms with Gasteiger partial charge >= 0.3 is 0 Å². The van der Waals surface area contributed by atoms with Crippen molar-refractivity contribution in [1.29, 1.82) is 0 Å². The van der Waals surface area contributed by atoms with Crippen molar-refractivity contribution in [2.24, 2.45) is 0 Å². The fraction of sp³-hybridized carbons (Fsp3) is 0.909. The van der Waals surface area contributed by atoms with Gasteiger partial charge in [-0.05, 0) is 36.3 Å². The highest BCUT2D eigenvalue weighted by atomic mass is 32.2. The molecule has 0 fully saturated rings. The third-order valence-electron chi connectivity index (χ3n) is 7.08. The second-order valence-corrected chi connectivity index (χ2v) is 13.1. The van der Waals surface area contributed by atoms with E-state index in [-0.39, 0.29) is 0 Å². The summed E-state index contributed by atoms with van der Waals surface area (Å²) in [5.74, 6) is 2.19. The summed E-state index contributed by atoms with van der Waals surface area (Å²) in [7, 11) is 0. The summed E-state index contributed by atoms with van der Waals surface area (Å²) in [5, 5.41) is 0.298. The van der Waals surface area contributed by atoms with Gasteiger partial charge in [0.05, 0.1) is 0 Å². The molecule has 0 atom stereocenters. The number of carbonyl (C=O) groups is 1. The summed E-state index contributed by atoms with van der Waals surface area (Å²) >= 11 is 3.53. The van der Waals surface area contributed by atoms with E-state index in [9.17, 15) is 4.79 Å². The minimum atomic E-state index is 0.298. The largest absolute Gasteiger partial charge is 0.282 e. The molecule has 0 aromatic carbocycles. The number of hydrogen-bond acceptors (Lipinski definition) is 3. The van der Waals surface area contributed by atoms with Crippen molar-refractivity contribution in [2.75, 3.05) is 11.5 Å². The summed E-state index contributed by atoms with van der Waals surface area (Å²) in [4.78, 5) is 13.9. The van der Waals surface area contributed by atoms with E-state index in [2.05, 4.69) is 20.8 Å². The number of allylic oxidation sites excluding steroid dienone is 1. The third kappa shape index (κ3) is 28.7. The van der Waals surface area contributed by atoms with Gasteiger partial charge in [-0.2, -0.15) is 0 Å². The van der Waals surface area contributed by atoms with Gasteiger partial charge in [0.25, 0.3) is 0 Å². The molecular formula is C33H64OS2. The Bertz CT molecular complexity index is 474. The topological polar surface area (TPSA) is 17.1 Å². The van der Waals surface area contributed by atoms with Crippen LogP contribution in [-0.4, -0.2) is 16.6 Å². The Hall–Kier alpha value is 0.110. The lowest BCUT2D eigenvalue weighted by Crippen LogP contribution is -1.93. The molecule has 0 heterocycles. The Morgan fingerprint density at radius 3 is 1.19 bits per heavy atom. The van der Waals surface area contributed by atoms with Crippen LogP contribution in [0.15, 0.2) is 11.0 Å². The SMILES string of the molecule is CCCCCCCCCCCCSC(=O)/C=C(\CCCCCC)SCCCCCCCCCCCC. The molecule has 0 N–H and O–H groups in total. The number of thioether (sulfide) groups is 2. The zero-order valence-corrected chi connectivity index (χ0v) is 26.5. The van der Waals surface area contributed by atoms with Crippen LogP contribution in [0.3, 0.4) is 0 Å². The molecule has 3 heteroatoms. The molecule has 36 heavy (non-hydrogen) atoms. The van der Waals surface area contributed by atoms with Crippen LogP contribution in [-0.2, 0) is 4.79 Å². The molecule has 0 radical (unpaired) electrons. The third-order valence-corrected chi connectivity index (χ3v) is 9.16. The molecule has 0 aliphatic heterocycles. The normalized spacial score (nSPS) is 11.9. The number of hydrogen-bond donors (Lipinski definition) is 0. The van der Waals surface area contributed by atoms with Crippen molar-refractivity contribution in [1.82, 2.24) is 0 Å². The average molecular weight is 541 g/mol. The van der Waals surface area contributed by atoms with Crippen LogP contribution in [0.2, 0.25) is 0 Å². The van der Waals surface area contributed by atoms with Crippen LogP contribution in [0.1, 0.15) is 181 Å². The Morgan fingerprint density at radius 1 is 0.444 bits per heavy atom. The maximum absolute atomic E-state index is 12.6. The van der Waals surface area contributed by atoms with E-state index >= 15 is 0 Å². The van der Waals surface area contributed by atoms with Crippen molar-refractivity contribution in [2.45, 2.75) is 181 Å². The second kappa shape index (κ2) is 31.3. The molecule has 0 amide bonds. The Morgan fingerprint density at radius 2 is 0.778 bits per heavy atom. The van der Waals surface area contributed by atoms with Crippen LogP contribution in [0.25, 0.3) is 0 Å². The number of unbranched alkanes of at least 4 members (excludes halogenated alkanes) is 21. The molecule has 0 rings (SSSR count). The highest BCUT2D eigenvalue weighted by molar-refractivity contribution is 8.14. The van der Waals surface area contributed by atoms with Gasteiger partial charge in [0.15, 0.2) is 0 Å². The maximum Gasteiger partial charge on any atom is 0.212 e. The summed E-state index contributed by atoms with van der Waals surface area (Å²) in [6, 6.07) is 0. The van der Waals surface area contributed by atoms with Crippen LogP contribution in [0.5, 0.6) is 0 Å². The van der Waals surface area contributed by atoms with Gasteiger partial charge in [0, 0.05) is 11.8 Å². The fourth-order valence-corrected chi connectivity index (χ4v) is 6.58. The lowest BCUT2D eigenvalue weighted by atomic mass is 10.1. The predicted molar refractivity (Wildman–Crippen MR) is 170 cm³/mol. The van der Waals surface area contributed by atoms with Crippen molar-refractivity contribution in [3.63, 3.8) is 0 Å². The first kappa shape index (κ1) is 36.1. The minimum absolute atomic E-state index is 0.298. The van der Waals surface area contributed by atoms with E-state index in [1.165, 1.54) is 165 Å². The summed E-state index contributed by atoms with van der Waals surface area (Å²) in [6.07, 6.45) is 35.7. The molecule has 0 saturated carbocycles. The van der Waals surface area contributed by atoms with Gasteiger partial charge in [-0.25, -0.2) is 0 Å². The average Bonchev–Trinajstić information content (AvgIpc) is 2.88. The molecular weight excluding hydrogens is 476 g/mol. The quantitative estimate of drug-likeness (QED) is 0.0693. The van der Waals surface area contributed by atoms with Gasteiger partial charge in [-0.15, -0.1) is 11.8 Å². The lowest BCUT2D eigenvalue weighted by Gasteiger charge is -2.08. The lowest BCUT2D eigenvalue weighted by molar-refractivity contribution is -0.107. The highest BCUT2D eigenvalue weighted by Crippen LogP contribution is 2.26. The van der Waals surface area contributed by atoms with Crippen LogP contribution in [0.4, 0.5) is 0 Å². The monoisotopic (exact) mass is 540 g/mol. The fourth-order valence-electron chi connectivity index (χ4n) is 4.64. The van der Waals surface area contributed by atoms with E-state index in [0.717, 1.165) is 12.2 Å². The van der Waals surface area contributed by atoms with Crippen molar-refractivity contribution in [3.05, 3.63) is 11.0 Å². The first-order chi connectivity index (χ1) is 17.7. The summed E-state index contributed by atoms with van der Waals surface area (Å²) in [5.41, 5.74) is 0. The van der Waals surface area contributed by atoms with Gasteiger partial charge in [0.2, 0.25) is 5.12 Å². The van der Waals surface area contributed by atoms with E-state index in [1.807, 2.05) is 17.8 Å². The Kier molecular flexibility index (Phi) is 31.4. The van der Waals surface area contributed by atoms with Crippen LogP contribution < -0.4 is 0 Å². The molecule has 0 aliphatic rings. The highest BCUT2D eigenvalue weighted by Gasteiger charge is 2.05. The van der Waals surface area contributed by atoms with Gasteiger partial charge < -0.3 is 0 Å².